The molecule has 8 unspecified atom stereocenters. The minimum Gasteiger partial charge on any atom is -0.633 e. The average molecular weight is 1240 g/mol. The van der Waals surface area contributed by atoms with Crippen molar-refractivity contribution in [3.05, 3.63) is 26.0 Å². The summed E-state index contributed by atoms with van der Waals surface area (Å²) in [4.78, 5) is 0. The Bertz CT molecular complexity index is 1520. The third-order valence-corrected chi connectivity index (χ3v) is 16.3. The highest BCUT2D eigenvalue weighted by molar-refractivity contribution is 5.25. The highest BCUT2D eigenvalue weighted by Gasteiger charge is 2.79. The molecule has 0 radical (unpaired) electrons. The van der Waals surface area contributed by atoms with Crippen LogP contribution in [0.25, 0.3) is 0 Å². The van der Waals surface area contributed by atoms with Gasteiger partial charge in [-0.25, -0.2) is 0 Å². The topological polar surface area (TPSA) is 432 Å². The monoisotopic (exact) mass is 1240 g/mol. The average Bonchev–Trinajstić information content (AvgIpc) is 3.38. The lowest BCUT2D eigenvalue weighted by molar-refractivity contribution is -0.869. The Morgan fingerprint density at radius 3 is 0.714 bits per heavy atom. The molecule has 0 saturated carbocycles. The van der Waals surface area contributed by atoms with Gasteiger partial charge in [0.25, 0.3) is 0 Å². The molecule has 7 heterocycles. The summed E-state index contributed by atoms with van der Waals surface area (Å²) < 4.78 is 42.6. The lowest BCUT2D eigenvalue weighted by Crippen LogP contribution is -2.88. The van der Waals surface area contributed by atoms with E-state index >= 15 is 0 Å². The number of aliphatic hydroxyl groups excluding tert-OH is 6. The van der Waals surface area contributed by atoms with E-state index in [0.29, 0.717) is 132 Å². The second-order valence-electron chi connectivity index (χ2n) is 23.7. The highest BCUT2D eigenvalue weighted by atomic mass is 16.8. The van der Waals surface area contributed by atoms with Crippen molar-refractivity contribution in [2.24, 2.45) is 0 Å². The number of likely N-dealkylation sites (N-methyl/N-ethyl adjacent to an activating group) is 5. The van der Waals surface area contributed by atoms with Gasteiger partial charge in [-0.15, -0.1) is 0 Å². The number of hydrogen-bond donors (Lipinski definition) is 12. The van der Waals surface area contributed by atoms with Crippen molar-refractivity contribution in [2.75, 3.05) is 209 Å². The Hall–Kier alpha value is -1.20. The first-order valence-corrected chi connectivity index (χ1v) is 28.0. The van der Waals surface area contributed by atoms with Crippen molar-refractivity contribution < 1.29 is 122 Å². The largest absolute Gasteiger partial charge is 0.633 e. The Morgan fingerprint density at radius 1 is 0.333 bits per heavy atom. The highest BCUT2D eigenvalue weighted by Crippen LogP contribution is 2.60. The minimum absolute atomic E-state index is 0.125. The van der Waals surface area contributed by atoms with E-state index in [4.69, 9.17) is 68.5 Å². The van der Waals surface area contributed by atoms with Crippen LogP contribution in [0.5, 0.6) is 0 Å². The van der Waals surface area contributed by atoms with Crippen LogP contribution in [0.15, 0.2) is 0 Å². The summed E-state index contributed by atoms with van der Waals surface area (Å²) in [7, 11) is 13.4. The van der Waals surface area contributed by atoms with Crippen molar-refractivity contribution in [1.82, 2.24) is 0 Å². The molecule has 514 valence electrons. The standard InChI is InChI=1S/C22H42O9.5C5H11NO2.C2H6O.5CH4O/c1-13(2)15(5,23)16(6,24)19(9,27)22(12,30-13)31-20(10)14(3,4)29-21(11,28)18(8,26)17(20,7)25;5*1-6(7)2-4-8-5-3-6;1-2-3;5*1-2/h23-28H,1-12H3;5*2-5H2,1H3;3H,2H2,1H3;5*2H,1H3. The maximum Gasteiger partial charge on any atom is 0.198 e. The molecule has 0 amide bonds. The van der Waals surface area contributed by atoms with Gasteiger partial charge >= 0.3 is 0 Å². The van der Waals surface area contributed by atoms with Gasteiger partial charge in [-0.05, 0) is 90.0 Å². The van der Waals surface area contributed by atoms with Crippen LogP contribution in [-0.2, 0) is 37.9 Å². The van der Waals surface area contributed by atoms with Crippen LogP contribution in [0.4, 0.5) is 0 Å². The van der Waals surface area contributed by atoms with Gasteiger partial charge in [-0.3, -0.25) is 0 Å². The first kappa shape index (κ1) is 91.5. The molecule has 8 atom stereocenters. The maximum absolute atomic E-state index is 11.6. The molecule has 30 nitrogen and oxygen atoms in total. The molecule has 84 heavy (non-hydrogen) atoms. The lowest BCUT2D eigenvalue weighted by atomic mass is 9.59. The molecule has 0 aromatic carbocycles. The van der Waals surface area contributed by atoms with Gasteiger partial charge in [0.15, 0.2) is 11.6 Å². The maximum atomic E-state index is 11.6. The number of morpholine rings is 5. The van der Waals surface area contributed by atoms with E-state index in [1.54, 1.807) is 69.9 Å². The zero-order chi connectivity index (χ0) is 68.0. The first-order chi connectivity index (χ1) is 38.1. The van der Waals surface area contributed by atoms with E-state index in [0.717, 1.165) is 35.5 Å². The minimum atomic E-state index is -2.22. The zero-order valence-corrected chi connectivity index (χ0v) is 55.8. The number of aliphatic hydroxyl groups is 12. The molecule has 7 fully saturated rings. The van der Waals surface area contributed by atoms with Gasteiger partial charge in [0, 0.05) is 42.2 Å². The third kappa shape index (κ3) is 26.7. The Labute approximate surface area is 502 Å². The number of hydrogen-bond acceptors (Lipinski definition) is 25. The molecular weight excluding hydrogens is 1120 g/mol. The van der Waals surface area contributed by atoms with E-state index in [-0.39, 0.29) is 29.8 Å². The summed E-state index contributed by atoms with van der Waals surface area (Å²) in [6.45, 7) is 31.0. The van der Waals surface area contributed by atoms with Gasteiger partial charge in [-0.2, -0.15) is 0 Å². The fourth-order valence-corrected chi connectivity index (χ4v) is 8.76. The van der Waals surface area contributed by atoms with Crippen LogP contribution in [-0.4, -0.2) is 350 Å². The smallest absolute Gasteiger partial charge is 0.198 e. The van der Waals surface area contributed by atoms with E-state index < -0.39 is 56.4 Å². The van der Waals surface area contributed by atoms with Crippen LogP contribution in [0.3, 0.4) is 0 Å². The molecule has 7 aliphatic heterocycles. The summed E-state index contributed by atoms with van der Waals surface area (Å²) in [5.74, 6) is -4.16. The second-order valence-corrected chi connectivity index (χ2v) is 23.7. The summed E-state index contributed by atoms with van der Waals surface area (Å²) >= 11 is 0. The molecule has 0 bridgehead atoms. The van der Waals surface area contributed by atoms with E-state index in [1.807, 2.05) is 0 Å². The van der Waals surface area contributed by atoms with E-state index in [2.05, 4.69) is 0 Å². The van der Waals surface area contributed by atoms with Gasteiger partial charge in [0.05, 0.1) is 113 Å². The second kappa shape index (κ2) is 38.5. The SMILES string of the molecule is CC1(C)OC(C)(OC2(C)C(C)(C)OC(C)(O)C(C)(O)C2(C)O)C(C)(O)C(C)(O)C1(C)O.CCO.CO.CO.CO.CO.CO.C[N+]1([O-])CCOCC1.C[N+]1([O-])CCOCC1.C[N+]1([O-])CCOCC1.C[N+]1([O-])CCOCC1.C[N+]1([O-])CCOCC1. The van der Waals surface area contributed by atoms with Crippen LogP contribution < -0.4 is 0 Å². The summed E-state index contributed by atoms with van der Waals surface area (Å²) in [5, 5.41) is 165. The third-order valence-electron chi connectivity index (χ3n) is 16.3. The van der Waals surface area contributed by atoms with Crippen molar-refractivity contribution in [3.63, 3.8) is 0 Å². The van der Waals surface area contributed by atoms with Gasteiger partial charge in [0.1, 0.15) is 99.1 Å². The number of hydroxylamine groups is 15. The van der Waals surface area contributed by atoms with Crippen LogP contribution in [0, 0.1) is 26.0 Å². The van der Waals surface area contributed by atoms with E-state index in [9.17, 15) is 56.7 Å². The summed E-state index contributed by atoms with van der Waals surface area (Å²) in [5.41, 5.74) is -15.3. The normalized spacial score (nSPS) is 35.7. The van der Waals surface area contributed by atoms with Gasteiger partial charge in [-0.1, -0.05) is 0 Å². The van der Waals surface area contributed by atoms with Gasteiger partial charge in [0.2, 0.25) is 0 Å². The summed E-state index contributed by atoms with van der Waals surface area (Å²) in [6, 6.07) is 0. The van der Waals surface area contributed by atoms with Gasteiger partial charge < -0.3 is 148 Å². The van der Waals surface area contributed by atoms with Crippen molar-refractivity contribution >= 4 is 0 Å². The van der Waals surface area contributed by atoms with Crippen LogP contribution in [0.1, 0.15) is 90.0 Å². The number of quaternary nitrogens is 5. The molecule has 0 spiro atoms. The Morgan fingerprint density at radius 2 is 0.536 bits per heavy atom. The van der Waals surface area contributed by atoms with Crippen LogP contribution in [0.2, 0.25) is 0 Å². The molecular formula is C54H123N5O25. The predicted molar refractivity (Wildman–Crippen MR) is 316 cm³/mol. The molecule has 0 aromatic rings. The molecule has 0 aromatic heterocycles. The number of ether oxygens (including phenoxy) is 8. The Balaban J connectivity index is -0.000000320. The number of nitrogens with zero attached hydrogens (tertiary/aromatic N) is 5. The summed E-state index contributed by atoms with van der Waals surface area (Å²) in [6.07, 6.45) is 0. The Kier molecular flexibility index (Phi) is 41.9. The molecule has 7 rings (SSSR count). The van der Waals surface area contributed by atoms with Crippen molar-refractivity contribution in [2.45, 2.75) is 146 Å². The quantitative estimate of drug-likeness (QED) is 0.109. The fraction of sp³-hybridized carbons (Fsp3) is 1.00. The molecule has 7 saturated heterocycles. The van der Waals surface area contributed by atoms with Crippen molar-refractivity contribution in [3.8, 4) is 0 Å². The molecule has 7 aliphatic rings. The molecule has 0 aliphatic carbocycles. The fourth-order valence-electron chi connectivity index (χ4n) is 8.76. The molecule has 30 heteroatoms. The van der Waals surface area contributed by atoms with Crippen LogP contribution >= 0.6 is 0 Å². The van der Waals surface area contributed by atoms with E-state index in [1.165, 1.54) is 55.4 Å². The lowest BCUT2D eigenvalue weighted by Gasteiger charge is -2.70. The van der Waals surface area contributed by atoms with Crippen molar-refractivity contribution in [1.29, 1.82) is 0 Å². The number of rotatable bonds is 2. The zero-order valence-electron chi connectivity index (χ0n) is 55.8. The predicted octanol–water partition coefficient (Wildman–Crippen LogP) is -1.59. The first-order valence-electron chi connectivity index (χ1n) is 28.0. The molecule has 12 N–H and O–H groups in total.